The molecule has 0 aliphatic rings. The molecule has 3 rings (SSSR count). The Kier molecular flexibility index (Phi) is 4.69. The van der Waals surface area contributed by atoms with Crippen molar-refractivity contribution < 1.29 is 4.79 Å². The van der Waals surface area contributed by atoms with Gasteiger partial charge < -0.3 is 5.32 Å². The Balaban J connectivity index is 1.62. The smallest absolute Gasteiger partial charge is 0.348 e. The van der Waals surface area contributed by atoms with Gasteiger partial charge in [-0.25, -0.2) is 9.48 Å². The molecule has 0 fully saturated rings. The minimum absolute atomic E-state index is 0.218. The van der Waals surface area contributed by atoms with Crippen LogP contribution in [0.4, 0.5) is 0 Å². The van der Waals surface area contributed by atoms with E-state index in [1.807, 2.05) is 43.3 Å². The van der Waals surface area contributed by atoms with Crippen LogP contribution in [0.25, 0.3) is 5.69 Å². The molecule has 0 bridgehead atoms. The summed E-state index contributed by atoms with van der Waals surface area (Å²) in [5, 5.41) is 10.6. The summed E-state index contributed by atoms with van der Waals surface area (Å²) >= 11 is 0. The molecule has 1 N–H and O–H groups in total. The number of rotatable bonds is 5. The van der Waals surface area contributed by atoms with Gasteiger partial charge in [0, 0.05) is 24.5 Å². The van der Waals surface area contributed by atoms with Gasteiger partial charge in [0.05, 0.1) is 11.9 Å². The molecule has 0 aliphatic heterocycles. The van der Waals surface area contributed by atoms with E-state index in [-0.39, 0.29) is 17.3 Å². The van der Waals surface area contributed by atoms with Crippen molar-refractivity contribution in [2.75, 3.05) is 6.54 Å². The maximum Gasteiger partial charge on any atom is 0.348 e. The summed E-state index contributed by atoms with van der Waals surface area (Å²) in [6.07, 6.45) is 1.56. The second-order valence-electron chi connectivity index (χ2n) is 5.61. The Morgan fingerprint density at radius 3 is 2.68 bits per heavy atom. The fourth-order valence-corrected chi connectivity index (χ4v) is 2.49. The molecule has 0 atom stereocenters. The molecule has 0 saturated carbocycles. The van der Waals surface area contributed by atoms with Crippen LogP contribution in [-0.2, 0) is 6.54 Å². The lowest BCUT2D eigenvalue weighted by Gasteiger charge is -2.09. The normalized spacial score (nSPS) is 10.6. The zero-order valence-corrected chi connectivity index (χ0v) is 14.0. The lowest BCUT2D eigenvalue weighted by Crippen LogP contribution is -2.33. The summed E-state index contributed by atoms with van der Waals surface area (Å²) in [6, 6.07) is 11.2. The number of nitrogens with one attached hydrogen (secondary N) is 1. The molecule has 2 aromatic heterocycles. The standard InChI is InChI=1S/C17H18N6O2/c1-12-10-13(2)22(17(25)19-12)9-8-18-16(24)15-11-23(21-20-15)14-6-4-3-5-7-14/h3-7,10-11H,8-9H2,1-2H3,(H,18,24). The van der Waals surface area contributed by atoms with Crippen molar-refractivity contribution in [2.24, 2.45) is 0 Å². The summed E-state index contributed by atoms with van der Waals surface area (Å²) in [6.45, 7) is 4.25. The van der Waals surface area contributed by atoms with E-state index in [0.29, 0.717) is 18.8 Å². The molecule has 8 heteroatoms. The third kappa shape index (κ3) is 3.79. The summed E-state index contributed by atoms with van der Waals surface area (Å²) in [4.78, 5) is 28.0. The zero-order chi connectivity index (χ0) is 17.8. The number of aromatic nitrogens is 5. The average Bonchev–Trinajstić information content (AvgIpc) is 3.08. The second kappa shape index (κ2) is 7.08. The maximum atomic E-state index is 12.2. The van der Waals surface area contributed by atoms with E-state index < -0.39 is 0 Å². The van der Waals surface area contributed by atoms with E-state index in [0.717, 1.165) is 11.4 Å². The molecule has 0 saturated heterocycles. The van der Waals surface area contributed by atoms with E-state index in [4.69, 9.17) is 0 Å². The molecular formula is C17H18N6O2. The quantitative estimate of drug-likeness (QED) is 0.745. The highest BCUT2D eigenvalue weighted by Crippen LogP contribution is 2.05. The minimum Gasteiger partial charge on any atom is -0.349 e. The van der Waals surface area contributed by atoms with Gasteiger partial charge in [0.1, 0.15) is 0 Å². The van der Waals surface area contributed by atoms with Gasteiger partial charge in [-0.15, -0.1) is 5.10 Å². The van der Waals surface area contributed by atoms with E-state index >= 15 is 0 Å². The van der Waals surface area contributed by atoms with Gasteiger partial charge in [0.2, 0.25) is 0 Å². The Morgan fingerprint density at radius 2 is 1.96 bits per heavy atom. The molecule has 0 aliphatic carbocycles. The first-order valence-electron chi connectivity index (χ1n) is 7.85. The van der Waals surface area contributed by atoms with Gasteiger partial charge in [-0.3, -0.25) is 9.36 Å². The van der Waals surface area contributed by atoms with Crippen LogP contribution in [0.2, 0.25) is 0 Å². The number of hydrogen-bond acceptors (Lipinski definition) is 5. The lowest BCUT2D eigenvalue weighted by molar-refractivity contribution is 0.0947. The number of para-hydroxylation sites is 1. The summed E-state index contributed by atoms with van der Waals surface area (Å²) in [7, 11) is 0. The number of nitrogens with zero attached hydrogens (tertiary/aromatic N) is 5. The first-order valence-corrected chi connectivity index (χ1v) is 7.85. The van der Waals surface area contributed by atoms with E-state index in [9.17, 15) is 9.59 Å². The molecule has 25 heavy (non-hydrogen) atoms. The highest BCUT2D eigenvalue weighted by molar-refractivity contribution is 5.91. The van der Waals surface area contributed by atoms with Crippen LogP contribution in [0.5, 0.6) is 0 Å². The Bertz CT molecular complexity index is 945. The predicted octanol–water partition coefficient (Wildman–Crippen LogP) is 0.871. The molecule has 2 heterocycles. The highest BCUT2D eigenvalue weighted by Gasteiger charge is 2.11. The van der Waals surface area contributed by atoms with Gasteiger partial charge in [-0.2, -0.15) is 4.98 Å². The SMILES string of the molecule is Cc1cc(C)n(CCNC(=O)c2cn(-c3ccccc3)nn2)c(=O)n1. The van der Waals surface area contributed by atoms with Gasteiger partial charge >= 0.3 is 5.69 Å². The topological polar surface area (TPSA) is 94.7 Å². The van der Waals surface area contributed by atoms with Crippen LogP contribution in [0.3, 0.4) is 0 Å². The number of carbonyl (C=O) groups excluding carboxylic acids is 1. The number of benzene rings is 1. The Hall–Kier alpha value is -3.29. The third-order valence-electron chi connectivity index (χ3n) is 3.71. The van der Waals surface area contributed by atoms with Crippen molar-refractivity contribution in [3.63, 3.8) is 0 Å². The second-order valence-corrected chi connectivity index (χ2v) is 5.61. The third-order valence-corrected chi connectivity index (χ3v) is 3.71. The van der Waals surface area contributed by atoms with Gasteiger partial charge in [0.25, 0.3) is 5.91 Å². The van der Waals surface area contributed by atoms with Crippen molar-refractivity contribution in [1.29, 1.82) is 0 Å². The first kappa shape index (κ1) is 16.6. The van der Waals surface area contributed by atoms with Crippen LogP contribution >= 0.6 is 0 Å². The molecular weight excluding hydrogens is 320 g/mol. The highest BCUT2D eigenvalue weighted by atomic mass is 16.2. The monoisotopic (exact) mass is 338 g/mol. The van der Waals surface area contributed by atoms with Crippen molar-refractivity contribution >= 4 is 5.91 Å². The van der Waals surface area contributed by atoms with Crippen molar-refractivity contribution in [2.45, 2.75) is 20.4 Å². The Labute approximate surface area is 144 Å². The van der Waals surface area contributed by atoms with Gasteiger partial charge in [-0.05, 0) is 32.0 Å². The van der Waals surface area contributed by atoms with Crippen molar-refractivity contribution in [1.82, 2.24) is 29.9 Å². The largest absolute Gasteiger partial charge is 0.349 e. The average molecular weight is 338 g/mol. The van der Waals surface area contributed by atoms with Crippen molar-refractivity contribution in [3.8, 4) is 5.69 Å². The van der Waals surface area contributed by atoms with E-state index in [2.05, 4.69) is 20.6 Å². The lowest BCUT2D eigenvalue weighted by atomic mass is 10.3. The molecule has 1 amide bonds. The predicted molar refractivity (Wildman–Crippen MR) is 91.7 cm³/mol. The zero-order valence-electron chi connectivity index (χ0n) is 14.0. The number of carbonyl (C=O) groups is 1. The van der Waals surface area contributed by atoms with Crippen LogP contribution in [0.1, 0.15) is 21.9 Å². The molecule has 1 aromatic carbocycles. The van der Waals surface area contributed by atoms with Gasteiger partial charge in [0.15, 0.2) is 5.69 Å². The number of aryl methyl sites for hydroxylation is 2. The fourth-order valence-electron chi connectivity index (χ4n) is 2.49. The fraction of sp³-hybridized carbons (Fsp3) is 0.235. The molecule has 0 radical (unpaired) electrons. The summed E-state index contributed by atoms with van der Waals surface area (Å²) in [5.74, 6) is -0.340. The minimum atomic E-state index is -0.340. The van der Waals surface area contributed by atoms with Crippen LogP contribution in [0, 0.1) is 13.8 Å². The molecule has 0 unspecified atom stereocenters. The van der Waals surface area contributed by atoms with Crippen molar-refractivity contribution in [3.05, 3.63) is 70.2 Å². The maximum absolute atomic E-state index is 12.2. The number of hydrogen-bond donors (Lipinski definition) is 1. The summed E-state index contributed by atoms with van der Waals surface area (Å²) < 4.78 is 3.06. The number of amides is 1. The molecule has 8 nitrogen and oxygen atoms in total. The van der Waals surface area contributed by atoms with Crippen LogP contribution < -0.4 is 11.0 Å². The summed E-state index contributed by atoms with van der Waals surface area (Å²) in [5.41, 5.74) is 2.21. The molecule has 3 aromatic rings. The Morgan fingerprint density at radius 1 is 1.20 bits per heavy atom. The first-order chi connectivity index (χ1) is 12.0. The molecule has 128 valence electrons. The van der Waals surface area contributed by atoms with Crippen LogP contribution in [0.15, 0.2) is 47.4 Å². The molecule has 0 spiro atoms. The van der Waals surface area contributed by atoms with Gasteiger partial charge in [-0.1, -0.05) is 23.4 Å². The van der Waals surface area contributed by atoms with E-state index in [1.54, 1.807) is 13.1 Å². The van der Waals surface area contributed by atoms with Crippen LogP contribution in [-0.4, -0.2) is 37.0 Å². The van der Waals surface area contributed by atoms with E-state index in [1.165, 1.54) is 9.25 Å².